The Morgan fingerprint density at radius 1 is 1.90 bits per heavy atom. The van der Waals surface area contributed by atoms with Crippen LogP contribution in [0.4, 0.5) is 0 Å². The van der Waals surface area contributed by atoms with Crippen LogP contribution in [-0.4, -0.2) is 11.1 Å². The van der Waals surface area contributed by atoms with Gasteiger partial charge in [-0.25, -0.2) is 10.3 Å². The Bertz CT molecular complexity index is 192. The van der Waals surface area contributed by atoms with Crippen molar-refractivity contribution in [2.24, 2.45) is 0 Å². The van der Waals surface area contributed by atoms with Gasteiger partial charge in [0.15, 0.2) is 5.70 Å². The van der Waals surface area contributed by atoms with Crippen LogP contribution in [0, 0.1) is 11.5 Å². The Labute approximate surface area is 57.5 Å². The van der Waals surface area contributed by atoms with Crippen molar-refractivity contribution in [3.63, 3.8) is 0 Å². The second-order valence-electron chi connectivity index (χ2n) is 1.30. The van der Waals surface area contributed by atoms with Crippen molar-refractivity contribution in [3.8, 4) is 6.26 Å². The third-order valence-corrected chi connectivity index (χ3v) is 0.726. The first kappa shape index (κ1) is 8.30. The van der Waals surface area contributed by atoms with E-state index < -0.39 is 5.97 Å². The van der Waals surface area contributed by atoms with Gasteiger partial charge in [-0.1, -0.05) is 6.08 Å². The van der Waals surface area contributed by atoms with Crippen LogP contribution in [-0.2, 0) is 9.63 Å². The van der Waals surface area contributed by atoms with Crippen molar-refractivity contribution in [2.45, 2.75) is 6.92 Å². The molecule has 0 bridgehead atoms. The van der Waals surface area contributed by atoms with Crippen LogP contribution in [0.5, 0.6) is 0 Å². The van der Waals surface area contributed by atoms with E-state index in [4.69, 9.17) is 10.4 Å². The summed E-state index contributed by atoms with van der Waals surface area (Å²) in [4.78, 5) is 14.1. The average Bonchev–Trinajstić information content (AvgIpc) is 1.89. The van der Waals surface area contributed by atoms with Gasteiger partial charge >= 0.3 is 12.2 Å². The number of allylic oxidation sites excluding steroid dienone is 1. The van der Waals surface area contributed by atoms with Gasteiger partial charge in [0.05, 0.1) is 0 Å². The summed E-state index contributed by atoms with van der Waals surface area (Å²) in [5, 5.41) is 16.1. The summed E-state index contributed by atoms with van der Waals surface area (Å²) in [6.45, 7) is 1.51. The van der Waals surface area contributed by atoms with Gasteiger partial charge in [-0.2, -0.15) is 0 Å². The highest BCUT2D eigenvalue weighted by atomic mass is 16.6. The normalized spacial score (nSPS) is 9.80. The molecule has 0 rings (SSSR count). The molecule has 0 atom stereocenters. The molecule has 5 nitrogen and oxygen atoms in total. The molecule has 0 amide bonds. The third-order valence-electron chi connectivity index (χ3n) is 0.726. The number of hydroxylamine groups is 1. The summed E-state index contributed by atoms with van der Waals surface area (Å²) in [5.41, 5.74) is 1.75. The Hall–Kier alpha value is -1.70. The molecule has 0 saturated carbocycles. The van der Waals surface area contributed by atoms with Crippen LogP contribution in [0.15, 0.2) is 11.8 Å². The lowest BCUT2D eigenvalue weighted by Gasteiger charge is -1.98. The van der Waals surface area contributed by atoms with Crippen LogP contribution in [0.2, 0.25) is 0 Å². The van der Waals surface area contributed by atoms with Gasteiger partial charge < -0.3 is 9.94 Å². The maximum atomic E-state index is 10.1. The van der Waals surface area contributed by atoms with E-state index >= 15 is 0 Å². The Kier molecular flexibility index (Phi) is 3.49. The van der Waals surface area contributed by atoms with E-state index in [2.05, 4.69) is 4.84 Å². The molecule has 0 saturated heterocycles. The lowest BCUT2D eigenvalue weighted by Crippen LogP contribution is -2.18. The first-order valence-corrected chi connectivity index (χ1v) is 2.43. The predicted octanol–water partition coefficient (Wildman–Crippen LogP) is -0.0229. The number of nitrogens with one attached hydrogen (secondary N) is 1. The number of nitriles is 1. The monoisotopic (exact) mass is 142 g/mol. The van der Waals surface area contributed by atoms with E-state index in [1.807, 2.05) is 5.48 Å². The minimum absolute atomic E-state index is 0.165. The lowest BCUT2D eigenvalue weighted by atomic mass is 10.4. The van der Waals surface area contributed by atoms with Crippen LogP contribution in [0.1, 0.15) is 6.92 Å². The first-order chi connectivity index (χ1) is 4.72. The fourth-order valence-corrected chi connectivity index (χ4v) is 0.304. The molecule has 0 fully saturated rings. The number of hydrogen-bond donors (Lipinski definition) is 2. The fourth-order valence-electron chi connectivity index (χ4n) is 0.304. The zero-order valence-corrected chi connectivity index (χ0v) is 5.29. The number of aliphatic carboxylic acids is 1. The van der Waals surface area contributed by atoms with E-state index in [0.29, 0.717) is 0 Å². The third kappa shape index (κ3) is 2.57. The van der Waals surface area contributed by atoms with Crippen LogP contribution in [0.3, 0.4) is 0 Å². The van der Waals surface area contributed by atoms with Crippen LogP contribution < -0.4 is 5.48 Å². The number of hydrogen-bond acceptors (Lipinski definition) is 4. The van der Waals surface area contributed by atoms with Gasteiger partial charge in [-0.3, -0.25) is 0 Å². The topological polar surface area (TPSA) is 82.3 Å². The fraction of sp³-hybridized carbons (Fsp3) is 0.200. The number of rotatable bonds is 3. The van der Waals surface area contributed by atoms with Gasteiger partial charge in [-0.05, 0) is 6.92 Å². The number of carboxylic acids is 1. The van der Waals surface area contributed by atoms with E-state index in [-0.39, 0.29) is 5.70 Å². The second-order valence-corrected chi connectivity index (χ2v) is 1.30. The molecule has 54 valence electrons. The average molecular weight is 142 g/mol. The largest absolute Gasteiger partial charge is 0.476 e. The van der Waals surface area contributed by atoms with E-state index in [1.165, 1.54) is 19.3 Å². The minimum atomic E-state index is -1.17. The number of carbonyl (C=O) groups is 1. The molecule has 10 heavy (non-hydrogen) atoms. The van der Waals surface area contributed by atoms with Crippen LogP contribution in [0.25, 0.3) is 0 Å². The summed E-state index contributed by atoms with van der Waals surface area (Å²) < 4.78 is 0. The van der Waals surface area contributed by atoms with Crippen molar-refractivity contribution in [1.82, 2.24) is 5.48 Å². The van der Waals surface area contributed by atoms with Crippen molar-refractivity contribution in [1.29, 1.82) is 5.26 Å². The molecule has 0 spiro atoms. The quantitative estimate of drug-likeness (QED) is 0.328. The number of carboxylic acid groups (broad SMARTS) is 1. The molecule has 0 aliphatic heterocycles. The molecule has 2 N–H and O–H groups in total. The van der Waals surface area contributed by atoms with Gasteiger partial charge in [0, 0.05) is 0 Å². The summed E-state index contributed by atoms with van der Waals surface area (Å²) in [5.74, 6) is -1.17. The SMILES string of the molecule is CC=C(NOC#N)C(=O)O. The molecule has 0 aliphatic carbocycles. The Balaban J connectivity index is 3.89. The van der Waals surface area contributed by atoms with Crippen molar-refractivity contribution < 1.29 is 14.7 Å². The second kappa shape index (κ2) is 4.21. The van der Waals surface area contributed by atoms with Gasteiger partial charge in [0.1, 0.15) is 0 Å². The summed E-state index contributed by atoms with van der Waals surface area (Å²) in [6, 6.07) is 0. The molecule has 0 aliphatic rings. The molecule has 0 aromatic heterocycles. The first-order valence-electron chi connectivity index (χ1n) is 2.43. The minimum Gasteiger partial charge on any atom is -0.476 e. The molecule has 0 radical (unpaired) electrons. The molecular weight excluding hydrogens is 136 g/mol. The lowest BCUT2D eigenvalue weighted by molar-refractivity contribution is -0.134. The van der Waals surface area contributed by atoms with Crippen molar-refractivity contribution >= 4 is 5.97 Å². The van der Waals surface area contributed by atoms with E-state index in [0.717, 1.165) is 0 Å². The predicted molar refractivity (Wildman–Crippen MR) is 31.2 cm³/mol. The van der Waals surface area contributed by atoms with E-state index in [1.54, 1.807) is 0 Å². The Morgan fingerprint density at radius 3 is 2.80 bits per heavy atom. The zero-order valence-electron chi connectivity index (χ0n) is 5.29. The maximum Gasteiger partial charge on any atom is 0.354 e. The maximum absolute atomic E-state index is 10.1. The summed E-state index contributed by atoms with van der Waals surface area (Å²) >= 11 is 0. The van der Waals surface area contributed by atoms with E-state index in [9.17, 15) is 4.79 Å². The summed E-state index contributed by atoms with van der Waals surface area (Å²) in [6.07, 6.45) is 2.55. The zero-order chi connectivity index (χ0) is 7.98. The van der Waals surface area contributed by atoms with Gasteiger partial charge in [-0.15, -0.1) is 5.26 Å². The van der Waals surface area contributed by atoms with Crippen molar-refractivity contribution in [2.75, 3.05) is 0 Å². The highest BCUT2D eigenvalue weighted by molar-refractivity contribution is 5.85. The highest BCUT2D eigenvalue weighted by Crippen LogP contribution is 1.86. The standard InChI is InChI=1S/C5H6N2O3/c1-2-4(5(8)9)7-10-3-6/h2,7H,1H3,(H,8,9). The van der Waals surface area contributed by atoms with Crippen molar-refractivity contribution in [3.05, 3.63) is 11.8 Å². The van der Waals surface area contributed by atoms with Gasteiger partial charge in [0.2, 0.25) is 0 Å². The van der Waals surface area contributed by atoms with Gasteiger partial charge in [0.25, 0.3) is 0 Å². The molecule has 5 heteroatoms. The smallest absolute Gasteiger partial charge is 0.354 e. The summed E-state index contributed by atoms with van der Waals surface area (Å²) in [7, 11) is 0. The molecule has 0 unspecified atom stereocenters. The highest BCUT2D eigenvalue weighted by Gasteiger charge is 2.03. The molecular formula is C5H6N2O3. The molecule has 0 aromatic rings. The van der Waals surface area contributed by atoms with Crippen LogP contribution >= 0.6 is 0 Å². The Morgan fingerprint density at radius 2 is 2.50 bits per heavy atom. The molecule has 0 aromatic carbocycles. The molecule has 0 heterocycles. The number of nitrogens with zero attached hydrogens (tertiary/aromatic N) is 1.